The van der Waals surface area contributed by atoms with Crippen molar-refractivity contribution in [3.63, 3.8) is 0 Å². The van der Waals surface area contributed by atoms with Gasteiger partial charge in [0.15, 0.2) is 5.78 Å². The van der Waals surface area contributed by atoms with E-state index in [1.807, 2.05) is 32.9 Å². The average Bonchev–Trinajstić information content (AvgIpc) is 2.11. The van der Waals surface area contributed by atoms with Gasteiger partial charge >= 0.3 is 0 Å². The van der Waals surface area contributed by atoms with Gasteiger partial charge in [-0.1, -0.05) is 31.6 Å². The van der Waals surface area contributed by atoms with E-state index in [4.69, 9.17) is 0 Å². The fraction of sp³-hybridized carbons (Fsp3) is 0.538. The molecule has 0 bridgehead atoms. The highest BCUT2D eigenvalue weighted by molar-refractivity contribution is 5.89. The van der Waals surface area contributed by atoms with Crippen LogP contribution in [0.25, 0.3) is 0 Å². The van der Waals surface area contributed by atoms with Crippen molar-refractivity contribution in [3.8, 4) is 0 Å². The highest BCUT2D eigenvalue weighted by atomic mass is 16.1. The lowest BCUT2D eigenvalue weighted by Crippen LogP contribution is -2.35. The zero-order valence-corrected chi connectivity index (χ0v) is 9.83. The average molecular weight is 206 g/mol. The van der Waals surface area contributed by atoms with Crippen LogP contribution in [-0.4, -0.2) is 11.6 Å². The van der Waals surface area contributed by atoms with E-state index in [2.05, 4.69) is 0 Å². The Bertz CT molecular complexity index is 346. The second-order valence-corrected chi connectivity index (χ2v) is 4.74. The summed E-state index contributed by atoms with van der Waals surface area (Å²) >= 11 is 0. The number of hydrogen-bond donors (Lipinski definition) is 0. The first-order valence-corrected chi connectivity index (χ1v) is 5.24. The first kappa shape index (κ1) is 11.9. The summed E-state index contributed by atoms with van der Waals surface area (Å²) in [6.07, 6.45) is 5.89. The molecule has 15 heavy (non-hydrogen) atoms. The van der Waals surface area contributed by atoms with Crippen LogP contribution in [0.4, 0.5) is 0 Å². The molecule has 0 fully saturated rings. The first-order chi connectivity index (χ1) is 6.85. The molecule has 1 aliphatic carbocycles. The molecular formula is C13H18O2. The van der Waals surface area contributed by atoms with Crippen LogP contribution in [0.15, 0.2) is 23.8 Å². The summed E-state index contributed by atoms with van der Waals surface area (Å²) < 4.78 is 0. The van der Waals surface area contributed by atoms with E-state index >= 15 is 0 Å². The molecule has 0 heterocycles. The van der Waals surface area contributed by atoms with Gasteiger partial charge < -0.3 is 0 Å². The van der Waals surface area contributed by atoms with Crippen molar-refractivity contribution in [2.24, 2.45) is 11.3 Å². The predicted octanol–water partition coefficient (Wildman–Crippen LogP) is 2.69. The molecule has 0 aromatic carbocycles. The summed E-state index contributed by atoms with van der Waals surface area (Å²) in [5, 5.41) is 0. The highest BCUT2D eigenvalue weighted by Gasteiger charge is 2.37. The van der Waals surface area contributed by atoms with E-state index in [0.29, 0.717) is 6.42 Å². The lowest BCUT2D eigenvalue weighted by molar-refractivity contribution is -0.128. The monoisotopic (exact) mass is 206 g/mol. The standard InChI is InChI=1S/C13H18O2/c1-9-5-8-12(15)13(3,4)11(9)7-6-10(2)14/h5-7,11H,8H2,1-4H3/b7-6+. The van der Waals surface area contributed by atoms with Crippen LogP contribution in [-0.2, 0) is 9.59 Å². The summed E-state index contributed by atoms with van der Waals surface area (Å²) in [6, 6.07) is 0. The minimum Gasteiger partial charge on any atom is -0.299 e. The second-order valence-electron chi connectivity index (χ2n) is 4.74. The van der Waals surface area contributed by atoms with Crippen LogP contribution in [0.2, 0.25) is 0 Å². The van der Waals surface area contributed by atoms with E-state index in [9.17, 15) is 9.59 Å². The van der Waals surface area contributed by atoms with Crippen molar-refractivity contribution < 1.29 is 9.59 Å². The molecular weight excluding hydrogens is 188 g/mol. The number of hydrogen-bond acceptors (Lipinski definition) is 2. The molecule has 1 unspecified atom stereocenters. The Kier molecular flexibility index (Phi) is 3.28. The molecule has 1 atom stereocenters. The van der Waals surface area contributed by atoms with Gasteiger partial charge in [-0.25, -0.2) is 0 Å². The molecule has 0 saturated carbocycles. The maximum absolute atomic E-state index is 11.8. The Balaban J connectivity index is 3.02. The van der Waals surface area contributed by atoms with Crippen molar-refractivity contribution in [2.75, 3.05) is 0 Å². The normalized spacial score (nSPS) is 25.5. The van der Waals surface area contributed by atoms with Gasteiger partial charge in [0.1, 0.15) is 5.78 Å². The molecule has 0 amide bonds. The fourth-order valence-corrected chi connectivity index (χ4v) is 2.01. The van der Waals surface area contributed by atoms with E-state index in [0.717, 1.165) is 0 Å². The van der Waals surface area contributed by atoms with Crippen molar-refractivity contribution in [2.45, 2.75) is 34.1 Å². The van der Waals surface area contributed by atoms with E-state index in [1.165, 1.54) is 12.5 Å². The van der Waals surface area contributed by atoms with Crippen molar-refractivity contribution in [1.82, 2.24) is 0 Å². The molecule has 2 heteroatoms. The summed E-state index contributed by atoms with van der Waals surface area (Å²) in [4.78, 5) is 22.6. The number of Topliss-reactive ketones (excluding diaryl/α,β-unsaturated/α-hetero) is 1. The number of carbonyl (C=O) groups is 2. The van der Waals surface area contributed by atoms with Gasteiger partial charge in [0.2, 0.25) is 0 Å². The van der Waals surface area contributed by atoms with Gasteiger partial charge in [-0.15, -0.1) is 0 Å². The van der Waals surface area contributed by atoms with Crippen molar-refractivity contribution >= 4 is 11.6 Å². The van der Waals surface area contributed by atoms with Crippen LogP contribution in [0, 0.1) is 11.3 Å². The Hall–Kier alpha value is -1.18. The lowest BCUT2D eigenvalue weighted by Gasteiger charge is -2.35. The van der Waals surface area contributed by atoms with Crippen LogP contribution in [0.1, 0.15) is 34.1 Å². The minimum absolute atomic E-state index is 0.0247. The van der Waals surface area contributed by atoms with Gasteiger partial charge in [0.25, 0.3) is 0 Å². The molecule has 1 rings (SSSR count). The number of rotatable bonds is 2. The number of carbonyl (C=O) groups excluding carboxylic acids is 2. The maximum atomic E-state index is 11.8. The predicted molar refractivity (Wildman–Crippen MR) is 60.5 cm³/mol. The quantitative estimate of drug-likeness (QED) is 0.514. The third kappa shape index (κ3) is 2.44. The zero-order chi connectivity index (χ0) is 11.6. The molecule has 0 saturated heterocycles. The topological polar surface area (TPSA) is 34.1 Å². The van der Waals surface area contributed by atoms with Crippen LogP contribution in [0.3, 0.4) is 0 Å². The molecule has 0 spiro atoms. The lowest BCUT2D eigenvalue weighted by atomic mass is 9.68. The molecule has 0 N–H and O–H groups in total. The van der Waals surface area contributed by atoms with Gasteiger partial charge in [-0.05, 0) is 19.9 Å². The largest absolute Gasteiger partial charge is 0.299 e. The molecule has 0 aliphatic heterocycles. The minimum atomic E-state index is -0.384. The maximum Gasteiger partial charge on any atom is 0.152 e. The third-order valence-corrected chi connectivity index (χ3v) is 3.12. The van der Waals surface area contributed by atoms with Crippen molar-refractivity contribution in [3.05, 3.63) is 23.8 Å². The Morgan fingerprint density at radius 3 is 2.67 bits per heavy atom. The highest BCUT2D eigenvalue weighted by Crippen LogP contribution is 2.39. The number of ketones is 2. The fourth-order valence-electron chi connectivity index (χ4n) is 2.01. The first-order valence-electron chi connectivity index (χ1n) is 5.24. The van der Waals surface area contributed by atoms with Crippen LogP contribution in [0.5, 0.6) is 0 Å². The summed E-state index contributed by atoms with van der Waals surface area (Å²) in [7, 11) is 0. The van der Waals surface area contributed by atoms with Gasteiger partial charge in [-0.3, -0.25) is 9.59 Å². The molecule has 0 aromatic heterocycles. The molecule has 0 aromatic rings. The van der Waals surface area contributed by atoms with Crippen LogP contribution >= 0.6 is 0 Å². The second kappa shape index (κ2) is 4.13. The van der Waals surface area contributed by atoms with E-state index in [1.54, 1.807) is 6.08 Å². The molecule has 1 aliphatic rings. The molecule has 82 valence electrons. The Morgan fingerprint density at radius 2 is 2.13 bits per heavy atom. The molecule has 2 nitrogen and oxygen atoms in total. The third-order valence-electron chi connectivity index (χ3n) is 3.12. The SMILES string of the molecule is CC(=O)/C=C/C1C(C)=CCC(=O)C1(C)C. The van der Waals surface area contributed by atoms with Gasteiger partial charge in [-0.2, -0.15) is 0 Å². The van der Waals surface area contributed by atoms with Crippen molar-refractivity contribution in [1.29, 1.82) is 0 Å². The van der Waals surface area contributed by atoms with Gasteiger partial charge in [0, 0.05) is 17.8 Å². The van der Waals surface area contributed by atoms with E-state index < -0.39 is 0 Å². The Morgan fingerprint density at radius 1 is 1.53 bits per heavy atom. The zero-order valence-electron chi connectivity index (χ0n) is 9.83. The Labute approximate surface area is 91.1 Å². The smallest absolute Gasteiger partial charge is 0.152 e. The van der Waals surface area contributed by atoms with E-state index in [-0.39, 0.29) is 22.9 Å². The summed E-state index contributed by atoms with van der Waals surface area (Å²) in [5.41, 5.74) is 0.794. The van der Waals surface area contributed by atoms with Gasteiger partial charge in [0.05, 0.1) is 0 Å². The summed E-state index contributed by atoms with van der Waals surface area (Å²) in [6.45, 7) is 7.43. The summed E-state index contributed by atoms with van der Waals surface area (Å²) in [5.74, 6) is 0.325. The molecule has 0 radical (unpaired) electrons. The number of allylic oxidation sites excluding steroid dienone is 4. The van der Waals surface area contributed by atoms with Crippen LogP contribution < -0.4 is 0 Å².